The number of esters is 1. The Balaban J connectivity index is 1.62. The van der Waals surface area contributed by atoms with Crippen molar-refractivity contribution < 1.29 is 34.0 Å². The van der Waals surface area contributed by atoms with Crippen molar-refractivity contribution in [2.24, 2.45) is 0 Å². The zero-order valence-corrected chi connectivity index (χ0v) is 22.1. The van der Waals surface area contributed by atoms with E-state index in [1.54, 1.807) is 0 Å². The van der Waals surface area contributed by atoms with Crippen LogP contribution in [0.3, 0.4) is 0 Å². The van der Waals surface area contributed by atoms with Gasteiger partial charge in [-0.25, -0.2) is 0 Å². The van der Waals surface area contributed by atoms with Crippen LogP contribution in [-0.2, 0) is 17.6 Å². The molecule has 200 valence electrons. The highest BCUT2D eigenvalue weighted by Crippen LogP contribution is 2.58. The van der Waals surface area contributed by atoms with Gasteiger partial charge in [0.15, 0.2) is 23.0 Å². The number of aromatic hydroxyl groups is 1. The van der Waals surface area contributed by atoms with Crippen LogP contribution in [0.5, 0.6) is 28.7 Å². The second kappa shape index (κ2) is 8.76. The van der Waals surface area contributed by atoms with Crippen LogP contribution in [0.4, 0.5) is 0 Å². The Morgan fingerprint density at radius 1 is 1.18 bits per heavy atom. The number of carbonyl (C=O) groups excluding carboxylic acids is 1. The summed E-state index contributed by atoms with van der Waals surface area (Å²) in [5, 5.41) is 32.7. The summed E-state index contributed by atoms with van der Waals surface area (Å²) >= 11 is 0. The number of carbonyl (C=O) groups is 1. The second-order valence-electron chi connectivity index (χ2n) is 10.5. The summed E-state index contributed by atoms with van der Waals surface area (Å²) in [7, 11) is 3.52. The molecule has 0 aliphatic carbocycles. The molecule has 0 radical (unpaired) electrons. The van der Waals surface area contributed by atoms with E-state index in [0.717, 1.165) is 22.3 Å². The zero-order chi connectivity index (χ0) is 27.0. The Labute approximate surface area is 220 Å². The summed E-state index contributed by atoms with van der Waals surface area (Å²) < 4.78 is 23.0. The number of nitriles is 1. The maximum Gasteiger partial charge on any atom is 0.308 e. The average molecular weight is 522 g/mol. The Hall–Kier alpha value is -3.52. The molecule has 10 nitrogen and oxygen atoms in total. The number of methoxy groups -OCH3 is 1. The number of phenols is 1. The number of aliphatic hydroxyl groups is 1. The third kappa shape index (κ3) is 3.19. The van der Waals surface area contributed by atoms with Gasteiger partial charge in [0.1, 0.15) is 11.8 Å². The number of aryl methyl sites for hydroxylation is 1. The molecule has 2 aromatic carbocycles. The predicted molar refractivity (Wildman–Crippen MR) is 135 cm³/mol. The third-order valence-electron chi connectivity index (χ3n) is 8.68. The van der Waals surface area contributed by atoms with Gasteiger partial charge in [0.2, 0.25) is 6.79 Å². The highest BCUT2D eigenvalue weighted by Gasteiger charge is 2.56. The summed E-state index contributed by atoms with van der Waals surface area (Å²) in [4.78, 5) is 16.4. The predicted octanol–water partition coefficient (Wildman–Crippen LogP) is 2.44. The van der Waals surface area contributed by atoms with Crippen LogP contribution >= 0.6 is 0 Å². The fourth-order valence-electron chi connectivity index (χ4n) is 7.29. The van der Waals surface area contributed by atoms with Gasteiger partial charge in [0.25, 0.3) is 0 Å². The van der Waals surface area contributed by atoms with E-state index in [1.165, 1.54) is 14.0 Å². The van der Waals surface area contributed by atoms with E-state index >= 15 is 0 Å². The van der Waals surface area contributed by atoms with Gasteiger partial charge in [-0.15, -0.1) is 0 Å². The molecule has 10 heteroatoms. The number of rotatable bonds is 3. The summed E-state index contributed by atoms with van der Waals surface area (Å²) in [6.45, 7) is 4.81. The number of aliphatic hydroxyl groups excluding tert-OH is 1. The minimum atomic E-state index is -0.603. The minimum absolute atomic E-state index is 0.0176. The van der Waals surface area contributed by atoms with Crippen molar-refractivity contribution in [3.05, 3.63) is 39.4 Å². The number of nitrogens with zero attached hydrogens (tertiary/aromatic N) is 3. The van der Waals surface area contributed by atoms with Crippen molar-refractivity contribution in [3.8, 4) is 34.8 Å². The molecule has 0 aromatic heterocycles. The van der Waals surface area contributed by atoms with E-state index < -0.39 is 18.1 Å². The maximum atomic E-state index is 12.2. The monoisotopic (exact) mass is 521 g/mol. The molecule has 2 N–H and O–H groups in total. The highest BCUT2D eigenvalue weighted by molar-refractivity contribution is 5.74. The summed E-state index contributed by atoms with van der Waals surface area (Å²) in [5.74, 6) is 1.47. The first-order valence-corrected chi connectivity index (χ1v) is 12.8. The number of hydrogen-bond acceptors (Lipinski definition) is 10. The maximum absolute atomic E-state index is 12.2. The van der Waals surface area contributed by atoms with E-state index in [9.17, 15) is 20.3 Å². The standard InChI is InChI=1S/C28H31N3O7/c1-12-6-15-7-17-19(9-29)31-18(23(30(17)4)21(15)24(34)25(12)35-5)8-16-22(20(31)10-32)28-27(36-11-37-28)13(2)26(16)38-14(3)33/h6,17-20,23,32,34H,7-8,10-11H2,1-5H3/t17?,18?,19?,20-,23?/m0/s1. The lowest BCUT2D eigenvalue weighted by Gasteiger charge is -2.59. The summed E-state index contributed by atoms with van der Waals surface area (Å²) in [6, 6.07) is 2.62. The van der Waals surface area contributed by atoms with Crippen molar-refractivity contribution in [1.82, 2.24) is 9.80 Å². The van der Waals surface area contributed by atoms with Gasteiger partial charge in [0.05, 0.1) is 31.9 Å². The van der Waals surface area contributed by atoms with Crippen LogP contribution < -0.4 is 18.9 Å². The molecule has 2 aromatic rings. The number of hydrogen-bond donors (Lipinski definition) is 2. The van der Waals surface area contributed by atoms with Crippen molar-refractivity contribution in [2.75, 3.05) is 27.6 Å². The molecule has 5 atom stereocenters. The fraction of sp³-hybridized carbons (Fsp3) is 0.500. The molecule has 4 unspecified atom stereocenters. The molecule has 0 amide bonds. The van der Waals surface area contributed by atoms with Gasteiger partial charge < -0.3 is 29.2 Å². The topological polar surface area (TPSA) is 125 Å². The van der Waals surface area contributed by atoms with E-state index in [1.807, 2.05) is 27.0 Å². The number of ether oxygens (including phenoxy) is 4. The SMILES string of the molecule is COc1c(C)cc2c(c1O)C1C3Cc4c(OC(C)=O)c(C)c5c(c4[C@H](CO)N3C(C#N)C(C2)N1C)OCO5. The first-order valence-electron chi connectivity index (χ1n) is 12.8. The summed E-state index contributed by atoms with van der Waals surface area (Å²) in [5.41, 5.74) is 4.67. The first kappa shape index (κ1) is 24.8. The van der Waals surface area contributed by atoms with Crippen molar-refractivity contribution in [3.63, 3.8) is 0 Å². The number of piperazine rings is 1. The molecule has 6 rings (SSSR count). The van der Waals surface area contributed by atoms with Gasteiger partial charge >= 0.3 is 5.97 Å². The largest absolute Gasteiger partial charge is 0.504 e. The van der Waals surface area contributed by atoms with Crippen molar-refractivity contribution in [2.45, 2.75) is 63.8 Å². The third-order valence-corrected chi connectivity index (χ3v) is 8.68. The van der Waals surface area contributed by atoms with Gasteiger partial charge in [-0.05, 0) is 44.9 Å². The molecular formula is C28H31N3O7. The molecule has 38 heavy (non-hydrogen) atoms. The van der Waals surface area contributed by atoms with Crippen LogP contribution in [0.1, 0.15) is 52.4 Å². The second-order valence-corrected chi connectivity index (χ2v) is 10.5. The van der Waals surface area contributed by atoms with Crippen LogP contribution in [0.15, 0.2) is 6.07 Å². The lowest BCUT2D eigenvalue weighted by atomic mass is 9.71. The fourth-order valence-corrected chi connectivity index (χ4v) is 7.29. The molecule has 2 bridgehead atoms. The number of fused-ring (bicyclic) bond motifs is 9. The molecule has 4 heterocycles. The normalized spacial score (nSPS) is 27.1. The van der Waals surface area contributed by atoms with Crippen LogP contribution in [-0.4, -0.2) is 71.7 Å². The molecule has 4 aliphatic heterocycles. The molecule has 0 spiro atoms. The Kier molecular flexibility index (Phi) is 5.72. The lowest BCUT2D eigenvalue weighted by molar-refractivity contribution is -0.132. The molecule has 1 saturated heterocycles. The van der Waals surface area contributed by atoms with Gasteiger partial charge in [-0.3, -0.25) is 14.6 Å². The minimum Gasteiger partial charge on any atom is -0.504 e. The number of phenolic OH excluding ortho intramolecular Hbond substituents is 1. The number of likely N-dealkylation sites (N-methyl/N-ethyl adjacent to an activating group) is 1. The highest BCUT2D eigenvalue weighted by atomic mass is 16.7. The van der Waals surface area contributed by atoms with Crippen LogP contribution in [0.2, 0.25) is 0 Å². The van der Waals surface area contributed by atoms with Gasteiger partial charge in [0, 0.05) is 41.3 Å². The van der Waals surface area contributed by atoms with Crippen molar-refractivity contribution in [1.29, 1.82) is 5.26 Å². The van der Waals surface area contributed by atoms with Crippen LogP contribution in [0.25, 0.3) is 0 Å². The molecule has 1 fully saturated rings. The molecule has 0 saturated carbocycles. The summed E-state index contributed by atoms with van der Waals surface area (Å²) in [6.07, 6.45) is 0.971. The molecule has 4 aliphatic rings. The number of benzene rings is 2. The quantitative estimate of drug-likeness (QED) is 0.460. The zero-order valence-electron chi connectivity index (χ0n) is 22.1. The Bertz CT molecular complexity index is 1400. The Morgan fingerprint density at radius 3 is 2.58 bits per heavy atom. The molecular weight excluding hydrogens is 490 g/mol. The first-order chi connectivity index (χ1) is 18.2. The van der Waals surface area contributed by atoms with Crippen LogP contribution in [0, 0.1) is 25.2 Å². The smallest absolute Gasteiger partial charge is 0.308 e. The van der Waals surface area contributed by atoms with E-state index in [4.69, 9.17) is 18.9 Å². The van der Waals surface area contributed by atoms with E-state index in [-0.39, 0.29) is 37.3 Å². The lowest BCUT2D eigenvalue weighted by Crippen LogP contribution is -2.68. The Morgan fingerprint density at radius 2 is 1.92 bits per heavy atom. The van der Waals surface area contributed by atoms with E-state index in [0.29, 0.717) is 47.0 Å². The van der Waals surface area contributed by atoms with Gasteiger partial charge in [-0.1, -0.05) is 6.07 Å². The van der Waals surface area contributed by atoms with E-state index in [2.05, 4.69) is 15.9 Å². The van der Waals surface area contributed by atoms with Crippen molar-refractivity contribution >= 4 is 5.97 Å². The van der Waals surface area contributed by atoms with Gasteiger partial charge in [-0.2, -0.15) is 5.26 Å². The average Bonchev–Trinajstić information content (AvgIpc) is 3.36.